The molecule has 2 atom stereocenters. The minimum absolute atomic E-state index is 0.0640. The molecule has 0 saturated heterocycles. The molecule has 1 N–H and O–H groups in total. The molecule has 1 aromatic rings. The summed E-state index contributed by atoms with van der Waals surface area (Å²) >= 11 is 0. The molecule has 0 aromatic heterocycles. The lowest BCUT2D eigenvalue weighted by Crippen LogP contribution is -2.28. The van der Waals surface area contributed by atoms with Crippen LogP contribution in [0, 0.1) is 0 Å². The molecular formula is C15H22F3N. The number of hydrogen-bond acceptors (Lipinski definition) is 1. The summed E-state index contributed by atoms with van der Waals surface area (Å²) in [6.07, 6.45) is -0.861. The number of nitrogens with one attached hydrogen (secondary N) is 1. The largest absolute Gasteiger partial charge is 0.416 e. The first-order valence-corrected chi connectivity index (χ1v) is 6.77. The second kappa shape index (κ2) is 6.94. The standard InChI is InChI=1S/C15H22F3N/c1-4-5-6-11(2)19-12(3)13-7-9-14(10-8-13)15(16,17)18/h7-12,19H,4-6H2,1-3H3. The number of halogens is 3. The molecule has 0 radical (unpaired) electrons. The Labute approximate surface area is 113 Å². The fourth-order valence-electron chi connectivity index (χ4n) is 2.08. The van der Waals surface area contributed by atoms with E-state index in [0.717, 1.165) is 37.0 Å². The van der Waals surface area contributed by atoms with Crippen molar-refractivity contribution in [3.8, 4) is 0 Å². The predicted molar refractivity (Wildman–Crippen MR) is 72.0 cm³/mol. The summed E-state index contributed by atoms with van der Waals surface area (Å²) in [4.78, 5) is 0. The third kappa shape index (κ3) is 5.23. The van der Waals surface area contributed by atoms with Crippen LogP contribution in [-0.2, 0) is 6.18 Å². The molecular weight excluding hydrogens is 251 g/mol. The van der Waals surface area contributed by atoms with E-state index in [1.807, 2.05) is 6.92 Å². The Morgan fingerprint density at radius 1 is 1.11 bits per heavy atom. The first kappa shape index (κ1) is 16.0. The SMILES string of the molecule is CCCCC(C)NC(C)c1ccc(C(F)(F)F)cc1. The highest BCUT2D eigenvalue weighted by molar-refractivity contribution is 5.26. The molecule has 0 spiro atoms. The second-order valence-corrected chi connectivity index (χ2v) is 5.05. The highest BCUT2D eigenvalue weighted by atomic mass is 19.4. The fourth-order valence-corrected chi connectivity index (χ4v) is 2.08. The topological polar surface area (TPSA) is 12.0 Å². The van der Waals surface area contributed by atoms with Crippen LogP contribution in [0.3, 0.4) is 0 Å². The predicted octanol–water partition coefficient (Wildman–Crippen LogP) is 4.93. The lowest BCUT2D eigenvalue weighted by atomic mass is 10.0. The van der Waals surface area contributed by atoms with Gasteiger partial charge in [0.15, 0.2) is 0 Å². The Balaban J connectivity index is 2.60. The molecule has 4 heteroatoms. The highest BCUT2D eigenvalue weighted by Gasteiger charge is 2.30. The molecule has 1 nitrogen and oxygen atoms in total. The molecule has 1 aromatic carbocycles. The first-order valence-electron chi connectivity index (χ1n) is 6.77. The molecule has 2 unspecified atom stereocenters. The van der Waals surface area contributed by atoms with Crippen LogP contribution in [0.1, 0.15) is 57.2 Å². The number of alkyl halides is 3. The normalized spacial score (nSPS) is 15.3. The van der Waals surface area contributed by atoms with E-state index in [9.17, 15) is 13.2 Å². The molecule has 0 bridgehead atoms. The van der Waals surface area contributed by atoms with Crippen molar-refractivity contribution in [3.63, 3.8) is 0 Å². The highest BCUT2D eigenvalue weighted by Crippen LogP contribution is 2.29. The van der Waals surface area contributed by atoms with E-state index in [-0.39, 0.29) is 6.04 Å². The smallest absolute Gasteiger partial charge is 0.308 e. The van der Waals surface area contributed by atoms with E-state index in [4.69, 9.17) is 0 Å². The van der Waals surface area contributed by atoms with E-state index >= 15 is 0 Å². The van der Waals surface area contributed by atoms with Gasteiger partial charge in [0, 0.05) is 12.1 Å². The maximum atomic E-state index is 12.5. The number of rotatable bonds is 6. The van der Waals surface area contributed by atoms with Gasteiger partial charge in [0.25, 0.3) is 0 Å². The van der Waals surface area contributed by atoms with Crippen LogP contribution in [0.15, 0.2) is 24.3 Å². The number of hydrogen-bond donors (Lipinski definition) is 1. The number of benzene rings is 1. The Kier molecular flexibility index (Phi) is 5.85. The lowest BCUT2D eigenvalue weighted by molar-refractivity contribution is -0.137. The Morgan fingerprint density at radius 2 is 1.68 bits per heavy atom. The zero-order valence-corrected chi connectivity index (χ0v) is 11.7. The average Bonchev–Trinajstić information content (AvgIpc) is 2.35. The van der Waals surface area contributed by atoms with Crippen molar-refractivity contribution in [3.05, 3.63) is 35.4 Å². The van der Waals surface area contributed by atoms with Crippen LogP contribution in [0.4, 0.5) is 13.2 Å². The summed E-state index contributed by atoms with van der Waals surface area (Å²) in [5.74, 6) is 0. The van der Waals surface area contributed by atoms with Crippen molar-refractivity contribution in [1.82, 2.24) is 5.32 Å². The van der Waals surface area contributed by atoms with E-state index in [1.54, 1.807) is 12.1 Å². The minimum atomic E-state index is -4.26. The van der Waals surface area contributed by atoms with Gasteiger partial charge in [0.2, 0.25) is 0 Å². The molecule has 0 amide bonds. The summed E-state index contributed by atoms with van der Waals surface area (Å²) in [7, 11) is 0. The van der Waals surface area contributed by atoms with Crippen molar-refractivity contribution >= 4 is 0 Å². The maximum absolute atomic E-state index is 12.5. The van der Waals surface area contributed by atoms with Crippen molar-refractivity contribution in [2.45, 2.75) is 58.3 Å². The van der Waals surface area contributed by atoms with Gasteiger partial charge >= 0.3 is 6.18 Å². The van der Waals surface area contributed by atoms with Gasteiger partial charge in [-0.15, -0.1) is 0 Å². The summed E-state index contributed by atoms with van der Waals surface area (Å²) < 4.78 is 37.4. The molecule has 19 heavy (non-hydrogen) atoms. The zero-order chi connectivity index (χ0) is 14.5. The second-order valence-electron chi connectivity index (χ2n) is 5.05. The van der Waals surface area contributed by atoms with Gasteiger partial charge < -0.3 is 5.32 Å². The van der Waals surface area contributed by atoms with Crippen molar-refractivity contribution in [2.75, 3.05) is 0 Å². The van der Waals surface area contributed by atoms with Gasteiger partial charge in [-0.3, -0.25) is 0 Å². The van der Waals surface area contributed by atoms with Crippen LogP contribution in [0.25, 0.3) is 0 Å². The Morgan fingerprint density at radius 3 is 2.16 bits per heavy atom. The molecule has 108 valence electrons. The van der Waals surface area contributed by atoms with Crippen molar-refractivity contribution < 1.29 is 13.2 Å². The third-order valence-electron chi connectivity index (χ3n) is 3.26. The van der Waals surface area contributed by atoms with Gasteiger partial charge in [-0.05, 0) is 38.0 Å². The van der Waals surface area contributed by atoms with Gasteiger partial charge in [0.1, 0.15) is 0 Å². The van der Waals surface area contributed by atoms with Crippen molar-refractivity contribution in [2.24, 2.45) is 0 Å². The molecule has 0 aliphatic rings. The molecule has 0 saturated carbocycles. The average molecular weight is 273 g/mol. The molecule has 0 fully saturated rings. The molecule has 0 aliphatic carbocycles. The Bertz CT molecular complexity index is 370. The van der Waals surface area contributed by atoms with Crippen LogP contribution in [0.2, 0.25) is 0 Å². The first-order chi connectivity index (χ1) is 8.84. The van der Waals surface area contributed by atoms with Crippen molar-refractivity contribution in [1.29, 1.82) is 0 Å². The van der Waals surface area contributed by atoms with E-state index in [0.29, 0.717) is 6.04 Å². The van der Waals surface area contributed by atoms with Crippen LogP contribution in [0.5, 0.6) is 0 Å². The van der Waals surface area contributed by atoms with Gasteiger partial charge in [0.05, 0.1) is 5.56 Å². The van der Waals surface area contributed by atoms with Crippen LogP contribution >= 0.6 is 0 Å². The van der Waals surface area contributed by atoms with E-state index in [1.165, 1.54) is 0 Å². The quantitative estimate of drug-likeness (QED) is 0.774. The lowest BCUT2D eigenvalue weighted by Gasteiger charge is -2.20. The van der Waals surface area contributed by atoms with Crippen LogP contribution in [-0.4, -0.2) is 6.04 Å². The number of unbranched alkanes of at least 4 members (excludes halogenated alkanes) is 1. The third-order valence-corrected chi connectivity index (χ3v) is 3.26. The summed E-state index contributed by atoms with van der Waals surface area (Å²) in [6, 6.07) is 5.82. The fraction of sp³-hybridized carbons (Fsp3) is 0.600. The molecule has 0 heterocycles. The maximum Gasteiger partial charge on any atom is 0.416 e. The van der Waals surface area contributed by atoms with Gasteiger partial charge in [-0.25, -0.2) is 0 Å². The summed E-state index contributed by atoms with van der Waals surface area (Å²) in [5, 5.41) is 3.41. The molecule has 1 rings (SSSR count). The molecule has 0 aliphatic heterocycles. The zero-order valence-electron chi connectivity index (χ0n) is 11.7. The summed E-state index contributed by atoms with van der Waals surface area (Å²) in [6.45, 7) is 6.23. The Hall–Kier alpha value is -1.03. The van der Waals surface area contributed by atoms with E-state index < -0.39 is 11.7 Å². The van der Waals surface area contributed by atoms with Gasteiger partial charge in [-0.2, -0.15) is 13.2 Å². The minimum Gasteiger partial charge on any atom is -0.308 e. The summed E-state index contributed by atoms with van der Waals surface area (Å²) in [5.41, 5.74) is 0.291. The van der Waals surface area contributed by atoms with Crippen LogP contribution < -0.4 is 5.32 Å². The van der Waals surface area contributed by atoms with E-state index in [2.05, 4.69) is 19.2 Å². The van der Waals surface area contributed by atoms with Gasteiger partial charge in [-0.1, -0.05) is 31.9 Å². The monoisotopic (exact) mass is 273 g/mol.